The van der Waals surface area contributed by atoms with Gasteiger partial charge in [0, 0.05) is 5.92 Å². The lowest BCUT2D eigenvalue weighted by Gasteiger charge is -2.17. The zero-order valence-corrected chi connectivity index (χ0v) is 14.1. The molecule has 1 N–H and O–H groups in total. The first-order valence-corrected chi connectivity index (χ1v) is 9.64. The highest BCUT2D eigenvalue weighted by Crippen LogP contribution is 2.28. The Balaban J connectivity index is 2.11. The van der Waals surface area contributed by atoms with Crippen LogP contribution >= 0.6 is 0 Å². The van der Waals surface area contributed by atoms with E-state index in [4.69, 9.17) is 4.55 Å². The van der Waals surface area contributed by atoms with Gasteiger partial charge in [-0.25, -0.2) is 4.18 Å². The molecule has 0 aliphatic heterocycles. The summed E-state index contributed by atoms with van der Waals surface area (Å²) in [6, 6.07) is 18.8. The molecule has 9 heteroatoms. The first-order chi connectivity index (χ1) is 11.3. The first-order valence-electron chi connectivity index (χ1n) is 6.94. The number of hydrogen-bond acceptors (Lipinski definition) is 6. The van der Waals surface area contributed by atoms with Gasteiger partial charge in [-0.15, -0.1) is 3.63 Å². The molecule has 0 atom stereocenters. The van der Waals surface area contributed by atoms with Crippen LogP contribution in [0, 0.1) is 0 Å². The molecule has 0 radical (unpaired) electrons. The Bertz CT molecular complexity index is 808. The largest absolute Gasteiger partial charge is 0.416 e. The average Bonchev–Trinajstić information content (AvgIpc) is 2.51. The fourth-order valence-electron chi connectivity index (χ4n) is 2.29. The lowest BCUT2D eigenvalue weighted by atomic mass is 9.89. The molecule has 0 unspecified atom stereocenters. The normalized spacial score (nSPS) is 12.4. The van der Waals surface area contributed by atoms with Crippen LogP contribution in [-0.4, -0.2) is 28.0 Å². The summed E-state index contributed by atoms with van der Waals surface area (Å²) in [7, 11) is -9.99. The van der Waals surface area contributed by atoms with E-state index in [1.54, 1.807) is 0 Å². The molecule has 0 amide bonds. The van der Waals surface area contributed by atoms with Crippen LogP contribution in [0.5, 0.6) is 0 Å². The van der Waals surface area contributed by atoms with Gasteiger partial charge in [0.25, 0.3) is 0 Å². The van der Waals surface area contributed by atoms with Crippen LogP contribution in [0.25, 0.3) is 0 Å². The Morgan fingerprint density at radius 1 is 0.833 bits per heavy atom. The van der Waals surface area contributed by atoms with Crippen LogP contribution in [0.3, 0.4) is 0 Å². The van der Waals surface area contributed by atoms with Gasteiger partial charge in [0.1, 0.15) is 0 Å². The van der Waals surface area contributed by atoms with Gasteiger partial charge in [-0.1, -0.05) is 60.7 Å². The summed E-state index contributed by atoms with van der Waals surface area (Å²) in [6.07, 6.45) is 0.266. The Hall–Kier alpha value is -1.78. The molecule has 0 aromatic heterocycles. The maximum atomic E-state index is 11.3. The highest BCUT2D eigenvalue weighted by Gasteiger charge is 2.22. The van der Waals surface area contributed by atoms with Crippen molar-refractivity contribution in [2.45, 2.75) is 12.3 Å². The van der Waals surface area contributed by atoms with Crippen LogP contribution in [0.15, 0.2) is 60.7 Å². The SMILES string of the molecule is O=S(=O)(O)OS(=O)(=O)OCCC(c1ccccc1)c1ccccc1. The molecule has 0 spiro atoms. The van der Waals surface area contributed by atoms with E-state index < -0.39 is 20.8 Å². The van der Waals surface area contributed by atoms with Crippen molar-refractivity contribution in [1.29, 1.82) is 0 Å². The minimum Gasteiger partial charge on any atom is -0.263 e. The van der Waals surface area contributed by atoms with Crippen molar-refractivity contribution in [2.75, 3.05) is 6.61 Å². The van der Waals surface area contributed by atoms with Crippen LogP contribution < -0.4 is 0 Å². The summed E-state index contributed by atoms with van der Waals surface area (Å²) in [6.45, 7) is -0.313. The average molecular weight is 372 g/mol. The summed E-state index contributed by atoms with van der Waals surface area (Å²) in [5, 5.41) is 0. The van der Waals surface area contributed by atoms with Gasteiger partial charge in [0.05, 0.1) is 6.61 Å². The molecular weight excluding hydrogens is 356 g/mol. The van der Waals surface area contributed by atoms with Crippen molar-refractivity contribution < 1.29 is 29.2 Å². The van der Waals surface area contributed by atoms with Crippen LogP contribution in [0.2, 0.25) is 0 Å². The Morgan fingerprint density at radius 3 is 1.71 bits per heavy atom. The topological polar surface area (TPSA) is 107 Å². The maximum absolute atomic E-state index is 11.3. The highest BCUT2D eigenvalue weighted by molar-refractivity contribution is 7.94. The molecule has 0 fully saturated rings. The minimum absolute atomic E-state index is 0.145. The second-order valence-corrected chi connectivity index (χ2v) is 7.34. The van der Waals surface area contributed by atoms with Crippen molar-refractivity contribution in [3.05, 3.63) is 71.8 Å². The van der Waals surface area contributed by atoms with Crippen molar-refractivity contribution in [1.82, 2.24) is 0 Å². The van der Waals surface area contributed by atoms with Gasteiger partial charge in [0.15, 0.2) is 0 Å². The van der Waals surface area contributed by atoms with Crippen LogP contribution in [-0.2, 0) is 28.6 Å². The summed E-state index contributed by atoms with van der Waals surface area (Å²) < 4.78 is 60.0. The molecule has 24 heavy (non-hydrogen) atoms. The predicted molar refractivity (Wildman–Crippen MR) is 86.8 cm³/mol. The van der Waals surface area contributed by atoms with E-state index in [-0.39, 0.29) is 18.9 Å². The lowest BCUT2D eigenvalue weighted by molar-refractivity contribution is 0.258. The van der Waals surface area contributed by atoms with E-state index in [1.807, 2.05) is 60.7 Å². The van der Waals surface area contributed by atoms with E-state index in [1.165, 1.54) is 0 Å². The zero-order chi connectivity index (χ0) is 17.6. The molecule has 0 aliphatic carbocycles. The zero-order valence-electron chi connectivity index (χ0n) is 12.5. The standard InChI is InChI=1S/C15H16O7S2/c16-23(17,18)22-24(19,20)21-12-11-15(13-7-3-1-4-8-13)14-9-5-2-6-10-14/h1-10,15H,11-12H2,(H,16,17,18). The van der Waals surface area contributed by atoms with E-state index in [0.29, 0.717) is 0 Å². The van der Waals surface area contributed by atoms with Gasteiger partial charge in [-0.2, -0.15) is 16.8 Å². The second-order valence-electron chi connectivity index (χ2n) is 4.89. The molecule has 0 bridgehead atoms. The highest BCUT2D eigenvalue weighted by atomic mass is 32.3. The monoisotopic (exact) mass is 372 g/mol. The quantitative estimate of drug-likeness (QED) is 0.708. The third-order valence-electron chi connectivity index (χ3n) is 3.21. The molecular formula is C15H16O7S2. The van der Waals surface area contributed by atoms with Gasteiger partial charge in [0.2, 0.25) is 0 Å². The maximum Gasteiger partial charge on any atom is 0.416 e. The van der Waals surface area contributed by atoms with Crippen LogP contribution in [0.4, 0.5) is 0 Å². The van der Waals surface area contributed by atoms with Crippen molar-refractivity contribution in [3.8, 4) is 0 Å². The molecule has 2 aromatic carbocycles. The Labute approximate surface area is 141 Å². The fourth-order valence-corrected chi connectivity index (χ4v) is 3.59. The van der Waals surface area contributed by atoms with E-state index >= 15 is 0 Å². The third-order valence-corrected chi connectivity index (χ3v) is 5.02. The smallest absolute Gasteiger partial charge is 0.263 e. The summed E-state index contributed by atoms with van der Waals surface area (Å²) in [4.78, 5) is 0. The molecule has 0 saturated carbocycles. The molecule has 7 nitrogen and oxygen atoms in total. The van der Waals surface area contributed by atoms with Gasteiger partial charge < -0.3 is 0 Å². The van der Waals surface area contributed by atoms with Crippen molar-refractivity contribution in [3.63, 3.8) is 0 Å². The third kappa shape index (κ3) is 6.02. The lowest BCUT2D eigenvalue weighted by Crippen LogP contribution is -2.17. The van der Waals surface area contributed by atoms with Crippen LogP contribution in [0.1, 0.15) is 23.5 Å². The summed E-state index contributed by atoms with van der Waals surface area (Å²) in [5.41, 5.74) is 1.92. The molecule has 0 aliphatic rings. The number of rotatable bonds is 8. The Kier molecular flexibility index (Phi) is 6.08. The fraction of sp³-hybridized carbons (Fsp3) is 0.200. The summed E-state index contributed by atoms with van der Waals surface area (Å²) in [5.74, 6) is -0.145. The van der Waals surface area contributed by atoms with Gasteiger partial charge in [-0.05, 0) is 17.5 Å². The molecule has 130 valence electrons. The predicted octanol–water partition coefficient (Wildman–Crippen LogP) is 2.29. The first kappa shape index (κ1) is 18.6. The van der Waals surface area contributed by atoms with Gasteiger partial charge in [-0.3, -0.25) is 4.55 Å². The minimum atomic E-state index is -5.15. The van der Waals surface area contributed by atoms with Crippen molar-refractivity contribution >= 4 is 20.8 Å². The number of hydrogen-bond donors (Lipinski definition) is 1. The molecule has 2 rings (SSSR count). The van der Waals surface area contributed by atoms with E-state index in [0.717, 1.165) is 11.1 Å². The van der Waals surface area contributed by atoms with E-state index in [2.05, 4.69) is 7.81 Å². The van der Waals surface area contributed by atoms with Crippen molar-refractivity contribution in [2.24, 2.45) is 0 Å². The van der Waals surface area contributed by atoms with Gasteiger partial charge >= 0.3 is 20.8 Å². The number of benzene rings is 2. The Morgan fingerprint density at radius 2 is 1.29 bits per heavy atom. The second kappa shape index (κ2) is 7.86. The van der Waals surface area contributed by atoms with E-state index in [9.17, 15) is 16.8 Å². The summed E-state index contributed by atoms with van der Waals surface area (Å²) >= 11 is 0. The molecule has 2 aromatic rings. The molecule has 0 heterocycles. The molecule has 0 saturated heterocycles.